The van der Waals surface area contributed by atoms with Crippen molar-refractivity contribution in [3.8, 4) is 6.07 Å². The minimum atomic E-state index is 0.486. The molecule has 6 heteroatoms. The number of aromatic amines is 1. The number of allylic oxidation sites excluding steroid dienone is 1. The Morgan fingerprint density at radius 3 is 2.67 bits per heavy atom. The summed E-state index contributed by atoms with van der Waals surface area (Å²) in [5, 5.41) is 12.4. The van der Waals surface area contributed by atoms with E-state index in [2.05, 4.69) is 37.8 Å². The number of nitrogens with zero attached hydrogens (tertiary/aromatic N) is 4. The molecule has 1 saturated heterocycles. The summed E-state index contributed by atoms with van der Waals surface area (Å²) in [4.78, 5) is 13.3. The van der Waals surface area contributed by atoms with Crippen LogP contribution in [-0.2, 0) is 0 Å². The maximum absolute atomic E-state index is 8.43. The average molecular weight is 328 g/mol. The van der Waals surface area contributed by atoms with E-state index in [0.29, 0.717) is 6.42 Å². The van der Waals surface area contributed by atoms with Gasteiger partial charge in [0, 0.05) is 32.0 Å². The third kappa shape index (κ3) is 5.58. The molecule has 1 aliphatic heterocycles. The molecule has 0 aromatic carbocycles. The summed E-state index contributed by atoms with van der Waals surface area (Å²) in [5.74, 6) is 0.858. The third-order valence-electron chi connectivity index (χ3n) is 3.68. The van der Waals surface area contributed by atoms with Gasteiger partial charge >= 0.3 is 0 Å². The molecule has 0 radical (unpaired) electrons. The SMILES string of the molecule is C=C(CC#N)N1CCCCC1.CC.CNc1ncnc2[nH]ccc12. The monoisotopic (exact) mass is 328 g/mol. The molecule has 2 N–H and O–H groups in total. The molecule has 3 heterocycles. The number of rotatable bonds is 3. The maximum Gasteiger partial charge on any atom is 0.142 e. The average Bonchev–Trinajstić information content (AvgIpc) is 3.14. The normalized spacial score (nSPS) is 13.0. The zero-order valence-electron chi connectivity index (χ0n) is 15.0. The highest BCUT2D eigenvalue weighted by Crippen LogP contribution is 2.16. The smallest absolute Gasteiger partial charge is 0.142 e. The van der Waals surface area contributed by atoms with Crippen LogP contribution in [0.2, 0.25) is 0 Å². The van der Waals surface area contributed by atoms with Gasteiger partial charge in [0.1, 0.15) is 17.8 Å². The zero-order chi connectivity index (χ0) is 17.8. The van der Waals surface area contributed by atoms with Crippen LogP contribution in [0.5, 0.6) is 0 Å². The van der Waals surface area contributed by atoms with E-state index < -0.39 is 0 Å². The van der Waals surface area contributed by atoms with E-state index in [0.717, 1.165) is 35.6 Å². The second-order valence-corrected chi connectivity index (χ2v) is 5.16. The summed E-state index contributed by atoms with van der Waals surface area (Å²) in [6.45, 7) is 10.1. The number of piperidine rings is 1. The molecule has 0 atom stereocenters. The van der Waals surface area contributed by atoms with Gasteiger partial charge in [-0.15, -0.1) is 0 Å². The Morgan fingerprint density at radius 2 is 2.04 bits per heavy atom. The van der Waals surface area contributed by atoms with Gasteiger partial charge in [-0.05, 0) is 25.3 Å². The highest BCUT2D eigenvalue weighted by molar-refractivity contribution is 5.86. The van der Waals surface area contributed by atoms with Gasteiger partial charge in [-0.25, -0.2) is 9.97 Å². The van der Waals surface area contributed by atoms with Crippen LogP contribution in [-0.4, -0.2) is 40.0 Å². The molecule has 0 unspecified atom stereocenters. The zero-order valence-corrected chi connectivity index (χ0v) is 15.0. The fraction of sp³-hybridized carbons (Fsp3) is 0.500. The lowest BCUT2D eigenvalue weighted by molar-refractivity contribution is 0.283. The van der Waals surface area contributed by atoms with Crippen LogP contribution in [0.15, 0.2) is 30.9 Å². The molecule has 24 heavy (non-hydrogen) atoms. The van der Waals surface area contributed by atoms with Crippen LogP contribution in [0.25, 0.3) is 11.0 Å². The summed E-state index contributed by atoms with van der Waals surface area (Å²) in [7, 11) is 1.84. The summed E-state index contributed by atoms with van der Waals surface area (Å²) >= 11 is 0. The molecular weight excluding hydrogens is 300 g/mol. The number of fused-ring (bicyclic) bond motifs is 1. The lowest BCUT2D eigenvalue weighted by Crippen LogP contribution is -2.28. The lowest BCUT2D eigenvalue weighted by Gasteiger charge is -2.29. The third-order valence-corrected chi connectivity index (χ3v) is 3.68. The minimum absolute atomic E-state index is 0.486. The van der Waals surface area contributed by atoms with Gasteiger partial charge in [0.15, 0.2) is 0 Å². The second kappa shape index (κ2) is 11.1. The molecule has 2 aromatic heterocycles. The Bertz CT molecular complexity index is 649. The Hall–Kier alpha value is -2.55. The van der Waals surface area contributed by atoms with Crippen LogP contribution in [0.3, 0.4) is 0 Å². The summed E-state index contributed by atoms with van der Waals surface area (Å²) in [5.41, 5.74) is 1.86. The quantitative estimate of drug-likeness (QED) is 0.892. The van der Waals surface area contributed by atoms with E-state index in [1.807, 2.05) is 33.2 Å². The molecule has 0 spiro atoms. The Kier molecular flexibility index (Phi) is 8.98. The van der Waals surface area contributed by atoms with Crippen molar-refractivity contribution in [3.63, 3.8) is 0 Å². The number of anilines is 1. The van der Waals surface area contributed by atoms with E-state index in [1.165, 1.54) is 25.6 Å². The second-order valence-electron chi connectivity index (χ2n) is 5.16. The van der Waals surface area contributed by atoms with Crippen molar-refractivity contribution in [2.45, 2.75) is 39.5 Å². The number of hydrogen-bond acceptors (Lipinski definition) is 5. The predicted molar refractivity (Wildman–Crippen MR) is 99.6 cm³/mol. The highest BCUT2D eigenvalue weighted by Gasteiger charge is 2.10. The summed E-state index contributed by atoms with van der Waals surface area (Å²) in [6.07, 6.45) is 7.70. The molecule has 3 rings (SSSR count). The van der Waals surface area contributed by atoms with Crippen molar-refractivity contribution in [1.82, 2.24) is 19.9 Å². The standard InChI is InChI=1S/C9H14N2.C7H8N4.C2H6/c1-9(5-6-10)11-7-3-2-4-8-11;1-8-6-5-2-3-9-7(5)11-4-10-6;1-2/h1-5,7-8H2;2-4H,1H3,(H2,8,9,10,11);1-2H3. The fourth-order valence-corrected chi connectivity index (χ4v) is 2.48. The summed E-state index contributed by atoms with van der Waals surface area (Å²) in [6, 6.07) is 4.07. The van der Waals surface area contributed by atoms with Gasteiger partial charge in [0.25, 0.3) is 0 Å². The molecule has 0 aliphatic carbocycles. The first-order valence-corrected chi connectivity index (χ1v) is 8.51. The fourth-order valence-electron chi connectivity index (χ4n) is 2.48. The number of likely N-dealkylation sites (tertiary alicyclic amines) is 1. The van der Waals surface area contributed by atoms with Gasteiger partial charge in [0.2, 0.25) is 0 Å². The molecule has 0 saturated carbocycles. The first-order valence-electron chi connectivity index (χ1n) is 8.51. The molecule has 2 aromatic rings. The van der Waals surface area contributed by atoms with Crippen LogP contribution < -0.4 is 5.32 Å². The first kappa shape index (κ1) is 19.5. The topological polar surface area (TPSA) is 80.6 Å². The predicted octanol–water partition coefficient (Wildman–Crippen LogP) is 3.93. The van der Waals surface area contributed by atoms with Gasteiger partial charge in [-0.1, -0.05) is 20.4 Å². The van der Waals surface area contributed by atoms with E-state index in [4.69, 9.17) is 5.26 Å². The largest absolute Gasteiger partial charge is 0.374 e. The minimum Gasteiger partial charge on any atom is -0.374 e. The highest BCUT2D eigenvalue weighted by atomic mass is 15.1. The number of H-pyrrole nitrogens is 1. The Labute approximate surface area is 144 Å². The van der Waals surface area contributed by atoms with E-state index in [1.54, 1.807) is 0 Å². The van der Waals surface area contributed by atoms with Crippen LogP contribution in [0.1, 0.15) is 39.5 Å². The molecule has 0 bridgehead atoms. The number of aromatic nitrogens is 3. The van der Waals surface area contributed by atoms with E-state index in [-0.39, 0.29) is 0 Å². The Morgan fingerprint density at radius 1 is 1.33 bits per heavy atom. The molecule has 1 fully saturated rings. The first-order chi connectivity index (χ1) is 11.8. The van der Waals surface area contributed by atoms with Crippen LogP contribution in [0.4, 0.5) is 5.82 Å². The van der Waals surface area contributed by atoms with E-state index in [9.17, 15) is 0 Å². The van der Waals surface area contributed by atoms with Crippen molar-refractivity contribution >= 4 is 16.9 Å². The van der Waals surface area contributed by atoms with Gasteiger partial charge in [-0.3, -0.25) is 0 Å². The number of nitrogens with one attached hydrogen (secondary N) is 2. The molecular formula is C18H28N6. The molecule has 130 valence electrons. The van der Waals surface area contributed by atoms with Gasteiger partial charge < -0.3 is 15.2 Å². The van der Waals surface area contributed by atoms with Gasteiger partial charge in [-0.2, -0.15) is 5.26 Å². The number of hydrogen-bond donors (Lipinski definition) is 2. The van der Waals surface area contributed by atoms with Crippen molar-refractivity contribution < 1.29 is 0 Å². The van der Waals surface area contributed by atoms with Crippen molar-refractivity contribution in [2.24, 2.45) is 0 Å². The molecule has 6 nitrogen and oxygen atoms in total. The molecule has 0 amide bonds. The number of nitriles is 1. The Balaban J connectivity index is 0.000000218. The summed E-state index contributed by atoms with van der Waals surface area (Å²) < 4.78 is 0. The van der Waals surface area contributed by atoms with Gasteiger partial charge in [0.05, 0.1) is 17.9 Å². The van der Waals surface area contributed by atoms with Crippen LogP contribution >= 0.6 is 0 Å². The van der Waals surface area contributed by atoms with Crippen LogP contribution in [0, 0.1) is 11.3 Å². The van der Waals surface area contributed by atoms with Crippen molar-refractivity contribution in [3.05, 3.63) is 30.9 Å². The molecule has 1 aliphatic rings. The van der Waals surface area contributed by atoms with Crippen molar-refractivity contribution in [1.29, 1.82) is 5.26 Å². The van der Waals surface area contributed by atoms with Crippen molar-refractivity contribution in [2.75, 3.05) is 25.5 Å². The van der Waals surface area contributed by atoms with E-state index >= 15 is 0 Å². The lowest BCUT2D eigenvalue weighted by atomic mass is 10.1. The maximum atomic E-state index is 8.43.